The minimum atomic E-state index is -3.48. The van der Waals surface area contributed by atoms with E-state index in [4.69, 9.17) is 16.3 Å². The van der Waals surface area contributed by atoms with Crippen LogP contribution in [-0.2, 0) is 14.8 Å². The van der Waals surface area contributed by atoms with Crippen molar-refractivity contribution in [2.45, 2.75) is 30.9 Å². The summed E-state index contributed by atoms with van der Waals surface area (Å²) in [5, 5.41) is 0. The van der Waals surface area contributed by atoms with E-state index in [1.54, 1.807) is 18.2 Å². The highest BCUT2D eigenvalue weighted by molar-refractivity contribution is 7.89. The number of alkyl halides is 1. The van der Waals surface area contributed by atoms with Gasteiger partial charge in [0.15, 0.2) is 0 Å². The Bertz CT molecular complexity index is 547. The fourth-order valence-electron chi connectivity index (χ4n) is 2.13. The van der Waals surface area contributed by atoms with E-state index in [0.29, 0.717) is 23.9 Å². The number of ether oxygens (including phenoxy) is 1. The van der Waals surface area contributed by atoms with E-state index >= 15 is 0 Å². The summed E-state index contributed by atoms with van der Waals surface area (Å²) in [5.74, 6) is 0.298. The number of halogens is 1. The normalized spacial score (nSPS) is 25.4. The Balaban J connectivity index is 2.32. The minimum absolute atomic E-state index is 0.176. The average Bonchev–Trinajstić information content (AvgIpc) is 2.39. The zero-order chi connectivity index (χ0) is 14.0. The summed E-state index contributed by atoms with van der Waals surface area (Å²) >= 11 is 5.77. The van der Waals surface area contributed by atoms with Gasteiger partial charge in [-0.25, -0.2) is 8.42 Å². The van der Waals surface area contributed by atoms with Crippen molar-refractivity contribution in [1.82, 2.24) is 4.31 Å². The first kappa shape index (κ1) is 14.8. The van der Waals surface area contributed by atoms with Crippen molar-refractivity contribution < 1.29 is 13.2 Å². The van der Waals surface area contributed by atoms with Gasteiger partial charge in [0.2, 0.25) is 10.0 Å². The van der Waals surface area contributed by atoms with Gasteiger partial charge in [-0.15, -0.1) is 11.6 Å². The number of aryl methyl sites for hydroxylation is 1. The molecule has 0 radical (unpaired) electrons. The van der Waals surface area contributed by atoms with Crippen molar-refractivity contribution in [2.75, 3.05) is 19.0 Å². The second-order valence-electron chi connectivity index (χ2n) is 4.85. The first-order valence-corrected chi connectivity index (χ1v) is 8.18. The van der Waals surface area contributed by atoms with Crippen LogP contribution in [0.25, 0.3) is 0 Å². The molecule has 0 N–H and O–H groups in total. The molecule has 0 spiro atoms. The Morgan fingerprint density at radius 1 is 1.47 bits per heavy atom. The first-order valence-electron chi connectivity index (χ1n) is 6.21. The summed E-state index contributed by atoms with van der Waals surface area (Å²) in [6, 6.07) is 6.77. The van der Waals surface area contributed by atoms with Gasteiger partial charge in [-0.05, 0) is 31.5 Å². The predicted octanol–water partition coefficient (Wildman–Crippen LogP) is 2.01. The molecule has 19 heavy (non-hydrogen) atoms. The third-order valence-electron chi connectivity index (χ3n) is 3.22. The van der Waals surface area contributed by atoms with E-state index in [1.165, 1.54) is 4.31 Å². The molecule has 2 atom stereocenters. The van der Waals surface area contributed by atoms with Crippen molar-refractivity contribution in [2.24, 2.45) is 0 Å². The molecule has 1 aliphatic rings. The van der Waals surface area contributed by atoms with Crippen molar-refractivity contribution in [3.05, 3.63) is 29.8 Å². The van der Waals surface area contributed by atoms with Crippen LogP contribution in [-0.4, -0.2) is 43.9 Å². The molecule has 2 unspecified atom stereocenters. The molecule has 0 aromatic heterocycles. The number of benzene rings is 1. The number of sulfonamides is 1. The molecular weight excluding hydrogens is 286 g/mol. The lowest BCUT2D eigenvalue weighted by atomic mass is 10.2. The van der Waals surface area contributed by atoms with Crippen molar-refractivity contribution in [3.63, 3.8) is 0 Å². The standard InChI is InChI=1S/C13H18ClNO3S/c1-10-4-3-5-13(6-10)19(16,17)15-8-12(7-14)18-9-11(15)2/h3-6,11-12H,7-9H2,1-2H3. The second-order valence-corrected chi connectivity index (χ2v) is 7.05. The van der Waals surface area contributed by atoms with Gasteiger partial charge in [0.1, 0.15) is 0 Å². The highest BCUT2D eigenvalue weighted by Gasteiger charge is 2.35. The zero-order valence-corrected chi connectivity index (χ0v) is 12.6. The van der Waals surface area contributed by atoms with Crippen LogP contribution in [0, 0.1) is 6.92 Å². The number of rotatable bonds is 3. The van der Waals surface area contributed by atoms with E-state index in [1.807, 2.05) is 19.9 Å². The van der Waals surface area contributed by atoms with Gasteiger partial charge in [-0.3, -0.25) is 0 Å². The summed E-state index contributed by atoms with van der Waals surface area (Å²) in [4.78, 5) is 0.328. The summed E-state index contributed by atoms with van der Waals surface area (Å²) in [6.45, 7) is 4.41. The van der Waals surface area contributed by atoms with Gasteiger partial charge in [0.25, 0.3) is 0 Å². The van der Waals surface area contributed by atoms with Gasteiger partial charge in [-0.1, -0.05) is 12.1 Å². The van der Waals surface area contributed by atoms with E-state index in [-0.39, 0.29) is 12.1 Å². The highest BCUT2D eigenvalue weighted by atomic mass is 35.5. The first-order chi connectivity index (χ1) is 8.95. The van der Waals surface area contributed by atoms with Crippen LogP contribution < -0.4 is 0 Å². The van der Waals surface area contributed by atoms with Gasteiger partial charge in [-0.2, -0.15) is 4.31 Å². The topological polar surface area (TPSA) is 46.6 Å². The van der Waals surface area contributed by atoms with Gasteiger partial charge < -0.3 is 4.74 Å². The number of nitrogens with zero attached hydrogens (tertiary/aromatic N) is 1. The molecule has 0 bridgehead atoms. The molecular formula is C13H18ClNO3S. The van der Waals surface area contributed by atoms with Crippen LogP contribution in [0.3, 0.4) is 0 Å². The van der Waals surface area contributed by atoms with Crippen molar-refractivity contribution in [1.29, 1.82) is 0 Å². The minimum Gasteiger partial charge on any atom is -0.374 e. The van der Waals surface area contributed by atoms with Gasteiger partial charge in [0, 0.05) is 18.5 Å². The SMILES string of the molecule is Cc1cccc(S(=O)(=O)N2CC(CCl)OCC2C)c1. The number of hydrogen-bond acceptors (Lipinski definition) is 3. The maximum absolute atomic E-state index is 12.6. The average molecular weight is 304 g/mol. The lowest BCUT2D eigenvalue weighted by Crippen LogP contribution is -2.51. The fourth-order valence-corrected chi connectivity index (χ4v) is 4.07. The molecule has 1 heterocycles. The number of hydrogen-bond donors (Lipinski definition) is 0. The van der Waals surface area contributed by atoms with E-state index < -0.39 is 10.0 Å². The molecule has 1 aliphatic heterocycles. The van der Waals surface area contributed by atoms with Crippen LogP contribution in [0.4, 0.5) is 0 Å². The third kappa shape index (κ3) is 3.11. The predicted molar refractivity (Wildman–Crippen MR) is 75.0 cm³/mol. The summed E-state index contributed by atoms with van der Waals surface area (Å²) in [5.41, 5.74) is 0.927. The molecule has 0 saturated carbocycles. The maximum Gasteiger partial charge on any atom is 0.243 e. The molecule has 106 valence electrons. The molecule has 6 heteroatoms. The fraction of sp³-hybridized carbons (Fsp3) is 0.538. The number of morpholine rings is 1. The Labute approximate surface area is 119 Å². The summed E-state index contributed by atoms with van der Waals surface area (Å²) in [6.07, 6.45) is -0.238. The van der Waals surface area contributed by atoms with Crippen LogP contribution in [0.2, 0.25) is 0 Å². The Kier molecular flexibility index (Phi) is 4.50. The molecule has 1 aromatic rings. The van der Waals surface area contributed by atoms with E-state index in [9.17, 15) is 8.42 Å². The van der Waals surface area contributed by atoms with Crippen LogP contribution in [0.5, 0.6) is 0 Å². The largest absolute Gasteiger partial charge is 0.374 e. The monoisotopic (exact) mass is 303 g/mol. The van der Waals surface area contributed by atoms with Gasteiger partial charge >= 0.3 is 0 Å². The second kappa shape index (κ2) is 5.79. The molecule has 1 aromatic carbocycles. The van der Waals surface area contributed by atoms with Crippen molar-refractivity contribution >= 4 is 21.6 Å². The zero-order valence-electron chi connectivity index (χ0n) is 11.0. The molecule has 0 aliphatic carbocycles. The third-order valence-corrected chi connectivity index (χ3v) is 5.54. The molecule has 1 saturated heterocycles. The Morgan fingerprint density at radius 2 is 2.21 bits per heavy atom. The van der Waals surface area contributed by atoms with Crippen molar-refractivity contribution in [3.8, 4) is 0 Å². The van der Waals surface area contributed by atoms with Crippen LogP contribution in [0.15, 0.2) is 29.2 Å². The van der Waals surface area contributed by atoms with E-state index in [0.717, 1.165) is 5.56 Å². The Morgan fingerprint density at radius 3 is 2.84 bits per heavy atom. The lowest BCUT2D eigenvalue weighted by molar-refractivity contribution is -0.0152. The molecule has 4 nitrogen and oxygen atoms in total. The Hall–Kier alpha value is -0.620. The lowest BCUT2D eigenvalue weighted by Gasteiger charge is -2.36. The molecule has 1 fully saturated rings. The van der Waals surface area contributed by atoms with Crippen LogP contribution >= 0.6 is 11.6 Å². The summed E-state index contributed by atoms with van der Waals surface area (Å²) in [7, 11) is -3.48. The van der Waals surface area contributed by atoms with Gasteiger partial charge in [0.05, 0.1) is 17.6 Å². The maximum atomic E-state index is 12.6. The smallest absolute Gasteiger partial charge is 0.243 e. The highest BCUT2D eigenvalue weighted by Crippen LogP contribution is 2.23. The molecule has 2 rings (SSSR count). The van der Waals surface area contributed by atoms with E-state index in [2.05, 4.69) is 0 Å². The quantitative estimate of drug-likeness (QED) is 0.803. The summed E-state index contributed by atoms with van der Waals surface area (Å²) < 4.78 is 32.2. The molecule has 0 amide bonds. The van der Waals surface area contributed by atoms with Crippen LogP contribution in [0.1, 0.15) is 12.5 Å².